The van der Waals surface area contributed by atoms with Crippen LogP contribution < -0.4 is 5.32 Å². The maximum absolute atomic E-state index is 12.9. The van der Waals surface area contributed by atoms with Gasteiger partial charge in [-0.15, -0.1) is 0 Å². The number of hydrogen-bond donors (Lipinski definition) is 1. The number of anilines is 1. The molecule has 0 aromatic heterocycles. The molecule has 0 aliphatic carbocycles. The van der Waals surface area contributed by atoms with Gasteiger partial charge in [-0.05, 0) is 44.0 Å². The Morgan fingerprint density at radius 2 is 1.58 bits per heavy atom. The number of benzene rings is 2. The van der Waals surface area contributed by atoms with Crippen LogP contribution in [0.1, 0.15) is 46.5 Å². The van der Waals surface area contributed by atoms with Crippen LogP contribution in [0, 0.1) is 5.92 Å². The fourth-order valence-electron chi connectivity index (χ4n) is 3.68. The highest BCUT2D eigenvalue weighted by molar-refractivity contribution is 6.01. The zero-order valence-corrected chi connectivity index (χ0v) is 18.8. The predicted molar refractivity (Wildman–Crippen MR) is 122 cm³/mol. The summed E-state index contributed by atoms with van der Waals surface area (Å²) in [5.41, 5.74) is 1.65. The smallest absolute Gasteiger partial charge is 0.338 e. The van der Waals surface area contributed by atoms with Gasteiger partial charge >= 0.3 is 11.9 Å². The summed E-state index contributed by atoms with van der Waals surface area (Å²) in [6.07, 6.45) is 0.828. The van der Waals surface area contributed by atoms with Crippen LogP contribution in [0.5, 0.6) is 0 Å². The molecule has 1 aliphatic rings. The number of nitrogens with one attached hydrogen (secondary N) is 1. The van der Waals surface area contributed by atoms with Gasteiger partial charge in [0.1, 0.15) is 0 Å². The summed E-state index contributed by atoms with van der Waals surface area (Å²) in [7, 11) is 0. The zero-order valence-electron chi connectivity index (χ0n) is 18.8. The maximum Gasteiger partial charge on any atom is 0.338 e. The van der Waals surface area contributed by atoms with Crippen LogP contribution in [0.4, 0.5) is 5.69 Å². The van der Waals surface area contributed by atoms with Gasteiger partial charge in [-0.2, -0.15) is 0 Å². The molecule has 8 nitrogen and oxygen atoms in total. The standard InChI is InChI=1S/C25H28N2O6/c1-3-32-24(30)18-12-19(25(31)33-4-2)14-21(13-18)26-23(29)20-15-22(28)27(16-20)11-10-17-8-6-5-7-9-17/h5-9,12-14,20H,3-4,10-11,15-16H2,1-2H3,(H,26,29). The van der Waals surface area contributed by atoms with Gasteiger partial charge in [0.05, 0.1) is 30.3 Å². The van der Waals surface area contributed by atoms with E-state index in [1.165, 1.54) is 18.2 Å². The second kappa shape index (κ2) is 11.3. The summed E-state index contributed by atoms with van der Waals surface area (Å²) in [5.74, 6) is -2.16. The minimum absolute atomic E-state index is 0.0708. The van der Waals surface area contributed by atoms with Gasteiger partial charge in [0.2, 0.25) is 11.8 Å². The molecule has 8 heteroatoms. The van der Waals surface area contributed by atoms with E-state index in [0.717, 1.165) is 5.56 Å². The minimum Gasteiger partial charge on any atom is -0.462 e. The van der Waals surface area contributed by atoms with E-state index in [4.69, 9.17) is 9.47 Å². The highest BCUT2D eigenvalue weighted by Crippen LogP contribution is 2.22. The van der Waals surface area contributed by atoms with Gasteiger partial charge in [-0.25, -0.2) is 9.59 Å². The molecule has 0 bridgehead atoms. The molecule has 0 spiro atoms. The first-order chi connectivity index (χ1) is 15.9. The predicted octanol–water partition coefficient (Wildman–Crippen LogP) is 3.07. The molecule has 1 unspecified atom stereocenters. The summed E-state index contributed by atoms with van der Waals surface area (Å²) in [4.78, 5) is 51.4. The second-order valence-electron chi connectivity index (χ2n) is 7.71. The van der Waals surface area contributed by atoms with Gasteiger partial charge in [0, 0.05) is 25.2 Å². The van der Waals surface area contributed by atoms with Gasteiger partial charge < -0.3 is 19.7 Å². The Hall–Kier alpha value is -3.68. The fourth-order valence-corrected chi connectivity index (χ4v) is 3.68. The highest BCUT2D eigenvalue weighted by Gasteiger charge is 2.34. The molecule has 0 radical (unpaired) electrons. The van der Waals surface area contributed by atoms with Crippen molar-refractivity contribution < 1.29 is 28.7 Å². The molecule has 33 heavy (non-hydrogen) atoms. The summed E-state index contributed by atoms with van der Waals surface area (Å²) in [5, 5.41) is 2.74. The van der Waals surface area contributed by atoms with E-state index in [9.17, 15) is 19.2 Å². The first kappa shape index (κ1) is 24.0. The topological polar surface area (TPSA) is 102 Å². The number of hydrogen-bond acceptors (Lipinski definition) is 6. The Morgan fingerprint density at radius 3 is 2.15 bits per heavy atom. The third kappa shape index (κ3) is 6.41. The zero-order chi connectivity index (χ0) is 23.8. The van der Waals surface area contributed by atoms with Crippen LogP contribution >= 0.6 is 0 Å². The molecule has 1 saturated heterocycles. The van der Waals surface area contributed by atoms with Crippen molar-refractivity contribution in [2.45, 2.75) is 26.7 Å². The number of carbonyl (C=O) groups is 4. The Morgan fingerprint density at radius 1 is 0.970 bits per heavy atom. The van der Waals surface area contributed by atoms with Gasteiger partial charge in [0.15, 0.2) is 0 Å². The molecule has 1 fully saturated rings. The Kier molecular flexibility index (Phi) is 8.18. The van der Waals surface area contributed by atoms with Crippen molar-refractivity contribution in [1.29, 1.82) is 0 Å². The molecule has 1 heterocycles. The monoisotopic (exact) mass is 452 g/mol. The molecule has 0 saturated carbocycles. The lowest BCUT2D eigenvalue weighted by Crippen LogP contribution is -2.30. The molecule has 1 N–H and O–H groups in total. The van der Waals surface area contributed by atoms with Crippen molar-refractivity contribution in [3.8, 4) is 0 Å². The lowest BCUT2D eigenvalue weighted by molar-refractivity contribution is -0.128. The molecule has 2 amide bonds. The van der Waals surface area contributed by atoms with Crippen LogP contribution in [-0.2, 0) is 25.5 Å². The third-order valence-electron chi connectivity index (χ3n) is 5.32. The Labute approximate surface area is 192 Å². The molecule has 2 aromatic rings. The third-order valence-corrected chi connectivity index (χ3v) is 5.32. The number of carbonyl (C=O) groups excluding carboxylic acids is 4. The maximum atomic E-state index is 12.9. The van der Waals surface area contributed by atoms with Gasteiger partial charge in [0.25, 0.3) is 0 Å². The van der Waals surface area contributed by atoms with E-state index < -0.39 is 17.9 Å². The van der Waals surface area contributed by atoms with E-state index in [1.807, 2.05) is 30.3 Å². The quantitative estimate of drug-likeness (QED) is 0.587. The molecule has 174 valence electrons. The lowest BCUT2D eigenvalue weighted by Gasteiger charge is -2.17. The number of esters is 2. The number of nitrogens with zero attached hydrogens (tertiary/aromatic N) is 1. The van der Waals surface area contributed by atoms with Crippen molar-refractivity contribution in [3.05, 3.63) is 65.2 Å². The van der Waals surface area contributed by atoms with E-state index in [0.29, 0.717) is 19.5 Å². The van der Waals surface area contributed by atoms with Crippen LogP contribution in [-0.4, -0.2) is 55.0 Å². The Bertz CT molecular complexity index is 985. The molecule has 1 aliphatic heterocycles. The van der Waals surface area contributed by atoms with Crippen LogP contribution in [0.2, 0.25) is 0 Å². The van der Waals surface area contributed by atoms with Gasteiger partial charge in [-0.1, -0.05) is 30.3 Å². The van der Waals surface area contributed by atoms with E-state index in [-0.39, 0.29) is 48.3 Å². The van der Waals surface area contributed by atoms with Crippen molar-refractivity contribution >= 4 is 29.4 Å². The average molecular weight is 453 g/mol. The number of amides is 2. The van der Waals surface area contributed by atoms with Crippen molar-refractivity contribution in [2.75, 3.05) is 31.6 Å². The first-order valence-corrected chi connectivity index (χ1v) is 11.0. The molecule has 2 aromatic carbocycles. The van der Waals surface area contributed by atoms with Crippen molar-refractivity contribution in [3.63, 3.8) is 0 Å². The van der Waals surface area contributed by atoms with Gasteiger partial charge in [-0.3, -0.25) is 9.59 Å². The number of rotatable bonds is 9. The molecule has 3 rings (SSSR count). The van der Waals surface area contributed by atoms with E-state index in [1.54, 1.807) is 18.7 Å². The normalized spacial score (nSPS) is 15.3. The van der Waals surface area contributed by atoms with Crippen LogP contribution in [0.15, 0.2) is 48.5 Å². The summed E-state index contributed by atoms with van der Waals surface area (Å²) < 4.78 is 10.0. The largest absolute Gasteiger partial charge is 0.462 e. The van der Waals surface area contributed by atoms with Crippen molar-refractivity contribution in [1.82, 2.24) is 4.90 Å². The average Bonchev–Trinajstić information content (AvgIpc) is 3.19. The summed E-state index contributed by atoms with van der Waals surface area (Å²) in [6.45, 7) is 4.56. The van der Waals surface area contributed by atoms with Crippen LogP contribution in [0.3, 0.4) is 0 Å². The summed E-state index contributed by atoms with van der Waals surface area (Å²) >= 11 is 0. The Balaban J connectivity index is 1.68. The number of likely N-dealkylation sites (tertiary alicyclic amines) is 1. The van der Waals surface area contributed by atoms with E-state index in [2.05, 4.69) is 5.32 Å². The highest BCUT2D eigenvalue weighted by atomic mass is 16.5. The lowest BCUT2D eigenvalue weighted by atomic mass is 10.1. The fraction of sp³-hybridized carbons (Fsp3) is 0.360. The number of ether oxygens (including phenoxy) is 2. The van der Waals surface area contributed by atoms with Crippen molar-refractivity contribution in [2.24, 2.45) is 5.92 Å². The summed E-state index contributed by atoms with van der Waals surface area (Å²) in [6, 6.07) is 14.1. The molecular weight excluding hydrogens is 424 g/mol. The minimum atomic E-state index is -0.609. The molecule has 1 atom stereocenters. The van der Waals surface area contributed by atoms with Crippen LogP contribution in [0.25, 0.3) is 0 Å². The SMILES string of the molecule is CCOC(=O)c1cc(NC(=O)C2CC(=O)N(CCc3ccccc3)C2)cc(C(=O)OCC)c1. The first-order valence-electron chi connectivity index (χ1n) is 11.0. The second-order valence-corrected chi connectivity index (χ2v) is 7.71. The van der Waals surface area contributed by atoms with E-state index >= 15 is 0 Å². The molecular formula is C25H28N2O6.